The quantitative estimate of drug-likeness (QED) is 0.0978. The van der Waals surface area contributed by atoms with E-state index < -0.39 is 0 Å². The van der Waals surface area contributed by atoms with E-state index in [1.807, 2.05) is 51.1 Å². The third-order valence-electron chi connectivity index (χ3n) is 7.45. The molecule has 0 unspecified atom stereocenters. The van der Waals surface area contributed by atoms with Crippen LogP contribution in [0.3, 0.4) is 0 Å². The Kier molecular flexibility index (Phi) is 10.1. The second-order valence-electron chi connectivity index (χ2n) is 12.8. The van der Waals surface area contributed by atoms with Gasteiger partial charge in [0.25, 0.3) is 0 Å². The molecule has 2 N–H and O–H groups in total. The average molecular weight is 639 g/mol. The largest absolute Gasteiger partial charge is 0.504 e. The van der Waals surface area contributed by atoms with Gasteiger partial charge in [-0.05, 0) is 46.7 Å². The van der Waals surface area contributed by atoms with Crippen molar-refractivity contribution >= 4 is 43.6 Å². The number of hydrogen-bond acceptors (Lipinski definition) is 6. The summed E-state index contributed by atoms with van der Waals surface area (Å²) >= 11 is 0. The van der Waals surface area contributed by atoms with Gasteiger partial charge in [0.15, 0.2) is 11.5 Å². The van der Waals surface area contributed by atoms with Crippen LogP contribution in [0.5, 0.6) is 11.5 Å². The molecule has 0 aliphatic carbocycles. The number of benzene rings is 3. The number of phenols is 2. The number of aromatic hydroxyl groups is 2. The van der Waals surface area contributed by atoms with Gasteiger partial charge in [-0.2, -0.15) is 0 Å². The molecule has 0 radical (unpaired) electrons. The van der Waals surface area contributed by atoms with Crippen LogP contribution >= 0.6 is 0 Å². The van der Waals surface area contributed by atoms with E-state index in [0.717, 1.165) is 54.7 Å². The van der Waals surface area contributed by atoms with Gasteiger partial charge in [0, 0.05) is 69.0 Å². The summed E-state index contributed by atoms with van der Waals surface area (Å²) in [4.78, 5) is 17.4. The molecule has 6 nitrogen and oxygen atoms in total. The first-order chi connectivity index (χ1) is 20.9. The van der Waals surface area contributed by atoms with Crippen LogP contribution in [0.15, 0.2) is 110 Å². The molecule has 4 heterocycles. The van der Waals surface area contributed by atoms with Gasteiger partial charge in [-0.25, -0.2) is 0 Å². The van der Waals surface area contributed by atoms with Crippen LogP contribution in [-0.4, -0.2) is 30.1 Å². The standard InChI is InChI=1S/C14H22O2.2C12H8N2.Fe/c1-13(2,3)9-7-10(14(4,5)6)12(16)11(15)8-9;2*1-3-9-5-6-10-4-2-8-14-12(10)11(9)13-7-1;/h7-8,15-16H,1-6H3;2*1-8H;. The van der Waals surface area contributed by atoms with E-state index in [1.54, 1.807) is 30.9 Å². The van der Waals surface area contributed by atoms with Gasteiger partial charge in [-0.15, -0.1) is 0 Å². The van der Waals surface area contributed by atoms with Crippen molar-refractivity contribution in [1.82, 2.24) is 19.9 Å². The van der Waals surface area contributed by atoms with Gasteiger partial charge in [-0.3, -0.25) is 19.9 Å². The van der Waals surface area contributed by atoms with Gasteiger partial charge in [0.2, 0.25) is 0 Å². The van der Waals surface area contributed by atoms with Crippen molar-refractivity contribution in [3.05, 3.63) is 121 Å². The molecule has 0 bridgehead atoms. The first kappa shape index (κ1) is 33.3. The predicted molar refractivity (Wildman–Crippen MR) is 181 cm³/mol. The number of pyridine rings is 4. The van der Waals surface area contributed by atoms with Crippen molar-refractivity contribution in [3.8, 4) is 11.5 Å². The summed E-state index contributed by atoms with van der Waals surface area (Å²) in [7, 11) is 0. The van der Waals surface area contributed by atoms with E-state index in [1.165, 1.54) is 0 Å². The van der Waals surface area contributed by atoms with Crippen LogP contribution in [0.2, 0.25) is 0 Å². The van der Waals surface area contributed by atoms with Crippen molar-refractivity contribution < 1.29 is 27.3 Å². The fourth-order valence-electron chi connectivity index (χ4n) is 4.98. The number of nitrogens with zero attached hydrogens (tertiary/aromatic N) is 4. The van der Waals surface area contributed by atoms with Crippen molar-refractivity contribution in [2.45, 2.75) is 52.4 Å². The number of rotatable bonds is 0. The number of aromatic nitrogens is 4. The fraction of sp³-hybridized carbons (Fsp3) is 0.211. The van der Waals surface area contributed by atoms with Crippen LogP contribution in [0.1, 0.15) is 52.7 Å². The molecular formula is C38H38FeN4O2. The van der Waals surface area contributed by atoms with Gasteiger partial charge < -0.3 is 10.2 Å². The maximum atomic E-state index is 9.87. The molecule has 0 aliphatic rings. The van der Waals surface area contributed by atoms with Gasteiger partial charge in [0.1, 0.15) is 0 Å². The fourth-order valence-corrected chi connectivity index (χ4v) is 4.98. The van der Waals surface area contributed by atoms with Gasteiger partial charge >= 0.3 is 0 Å². The van der Waals surface area contributed by atoms with Gasteiger partial charge in [0.05, 0.1) is 22.1 Å². The first-order valence-electron chi connectivity index (χ1n) is 14.7. The summed E-state index contributed by atoms with van der Waals surface area (Å²) in [5.74, 6) is -0.0298. The number of phenolic OH excluding ortho intramolecular Hbond substituents is 2. The average Bonchev–Trinajstić information content (AvgIpc) is 3.02. The Labute approximate surface area is 274 Å². The zero-order chi connectivity index (χ0) is 31.5. The summed E-state index contributed by atoms with van der Waals surface area (Å²) in [6.07, 6.45) is 7.21. The summed E-state index contributed by atoms with van der Waals surface area (Å²) < 4.78 is 0. The van der Waals surface area contributed by atoms with Crippen LogP contribution in [0.4, 0.5) is 0 Å². The topological polar surface area (TPSA) is 92.0 Å². The zero-order valence-corrected chi connectivity index (χ0v) is 27.5. The summed E-state index contributed by atoms with van der Waals surface area (Å²) in [5, 5.41) is 24.2. The van der Waals surface area contributed by atoms with Crippen molar-refractivity contribution in [3.63, 3.8) is 0 Å². The minimum atomic E-state index is -0.178. The normalized spacial score (nSPS) is 11.3. The summed E-state index contributed by atoms with van der Waals surface area (Å²) in [6, 6.07) is 27.9. The van der Waals surface area contributed by atoms with E-state index in [-0.39, 0.29) is 39.4 Å². The molecule has 0 saturated carbocycles. The summed E-state index contributed by atoms with van der Waals surface area (Å²) in [6.45, 7) is 12.3. The minimum absolute atomic E-state index is 0. The predicted octanol–water partition coefficient (Wildman–Crippen LogP) is 9.26. The molecule has 0 saturated heterocycles. The molecule has 0 amide bonds. The molecule has 7 rings (SSSR count). The molecule has 0 aliphatic heterocycles. The third kappa shape index (κ3) is 7.56. The maximum Gasteiger partial charge on any atom is 0.161 e. The number of hydrogen-bond donors (Lipinski definition) is 2. The Morgan fingerprint density at radius 2 is 0.800 bits per heavy atom. The Morgan fingerprint density at radius 1 is 0.467 bits per heavy atom. The van der Waals surface area contributed by atoms with E-state index in [9.17, 15) is 10.2 Å². The Hall–Kier alpha value is -4.58. The monoisotopic (exact) mass is 638 g/mol. The molecular weight excluding hydrogens is 600 g/mol. The van der Waals surface area contributed by atoms with E-state index in [2.05, 4.69) is 89.2 Å². The van der Waals surface area contributed by atoms with E-state index >= 15 is 0 Å². The molecule has 7 aromatic rings. The first-order valence-corrected chi connectivity index (χ1v) is 14.7. The molecule has 0 fully saturated rings. The van der Waals surface area contributed by atoms with Crippen LogP contribution < -0.4 is 0 Å². The molecule has 0 spiro atoms. The maximum absolute atomic E-state index is 9.87. The van der Waals surface area contributed by atoms with Crippen LogP contribution in [0.25, 0.3) is 43.6 Å². The SMILES string of the molecule is CC(C)(C)c1cc(O)c(O)c(C(C)(C)C)c1.[Fe].c1cnc2c(c1)ccc1cccnc12.c1cnc2c(c1)ccc1cccnc12. The van der Waals surface area contributed by atoms with Crippen molar-refractivity contribution in [2.24, 2.45) is 0 Å². The van der Waals surface area contributed by atoms with Gasteiger partial charge in [-0.1, -0.05) is 96.1 Å². The number of fused-ring (bicyclic) bond motifs is 6. The Morgan fingerprint density at radius 3 is 1.09 bits per heavy atom. The Balaban J connectivity index is 0.000000152. The third-order valence-corrected chi connectivity index (χ3v) is 7.45. The van der Waals surface area contributed by atoms with Crippen molar-refractivity contribution in [2.75, 3.05) is 0 Å². The van der Waals surface area contributed by atoms with E-state index in [0.29, 0.717) is 0 Å². The van der Waals surface area contributed by atoms with Crippen molar-refractivity contribution in [1.29, 1.82) is 0 Å². The Bertz CT molecular complexity index is 1860. The second-order valence-corrected chi connectivity index (χ2v) is 12.8. The van der Waals surface area contributed by atoms with Crippen LogP contribution in [0, 0.1) is 0 Å². The van der Waals surface area contributed by atoms with E-state index in [4.69, 9.17) is 0 Å². The molecule has 4 aromatic heterocycles. The molecule has 3 aromatic carbocycles. The summed E-state index contributed by atoms with van der Waals surface area (Å²) in [5.41, 5.74) is 5.52. The smallest absolute Gasteiger partial charge is 0.161 e. The molecule has 45 heavy (non-hydrogen) atoms. The molecule has 7 heteroatoms. The minimum Gasteiger partial charge on any atom is -0.504 e. The second kappa shape index (κ2) is 13.6. The molecule has 230 valence electrons. The zero-order valence-electron chi connectivity index (χ0n) is 26.4. The molecule has 0 atom stereocenters. The van der Waals surface area contributed by atoms with Crippen LogP contribution in [-0.2, 0) is 27.9 Å².